The molecule has 1 saturated heterocycles. The minimum Gasteiger partial charge on any atom is -0.283 e. The molecule has 5 heteroatoms. The molecule has 5 nitrogen and oxygen atoms in total. The van der Waals surface area contributed by atoms with Crippen LogP contribution in [0.5, 0.6) is 0 Å². The van der Waals surface area contributed by atoms with E-state index in [2.05, 4.69) is 13.8 Å². The highest BCUT2D eigenvalue weighted by atomic mass is 16.2. The summed E-state index contributed by atoms with van der Waals surface area (Å²) in [4.78, 5) is 40.4. The van der Waals surface area contributed by atoms with Gasteiger partial charge in [-0.1, -0.05) is 62.4 Å². The van der Waals surface area contributed by atoms with Gasteiger partial charge in [0.15, 0.2) is 0 Å². The molecule has 3 atom stereocenters. The first kappa shape index (κ1) is 18.1. The summed E-state index contributed by atoms with van der Waals surface area (Å²) in [5.41, 5.74) is 0.156. The second kappa shape index (κ2) is 6.02. The van der Waals surface area contributed by atoms with Gasteiger partial charge in [-0.3, -0.25) is 14.4 Å². The largest absolute Gasteiger partial charge is 0.314 e. The SMILES string of the molecule is CC1(C)[C@@H]2CC[C@]13C(=O)N(c1ccccc1)N(C(=O)C(=O)c1ccccc1)[C@@H]3C2. The molecule has 1 aliphatic heterocycles. The van der Waals surface area contributed by atoms with Crippen molar-refractivity contribution in [3.63, 3.8) is 0 Å². The molecule has 0 N–H and O–H groups in total. The third kappa shape index (κ3) is 2.18. The van der Waals surface area contributed by atoms with E-state index in [9.17, 15) is 14.4 Å². The van der Waals surface area contributed by atoms with Gasteiger partial charge in [0.05, 0.1) is 17.1 Å². The van der Waals surface area contributed by atoms with Gasteiger partial charge in [0, 0.05) is 5.56 Å². The lowest BCUT2D eigenvalue weighted by molar-refractivity contribution is -0.131. The summed E-state index contributed by atoms with van der Waals surface area (Å²) in [6.07, 6.45) is 2.52. The molecule has 0 unspecified atom stereocenters. The summed E-state index contributed by atoms with van der Waals surface area (Å²) >= 11 is 0. The molecule has 148 valence electrons. The average Bonchev–Trinajstić information content (AvgIpc) is 3.26. The van der Waals surface area contributed by atoms with Crippen molar-refractivity contribution in [2.45, 2.75) is 39.2 Å². The van der Waals surface area contributed by atoms with Crippen LogP contribution in [-0.2, 0) is 9.59 Å². The van der Waals surface area contributed by atoms with Gasteiger partial charge in [-0.2, -0.15) is 0 Å². The number of anilines is 1. The van der Waals surface area contributed by atoms with Crippen molar-refractivity contribution >= 4 is 23.3 Å². The van der Waals surface area contributed by atoms with Crippen LogP contribution in [0.15, 0.2) is 60.7 Å². The van der Waals surface area contributed by atoms with Gasteiger partial charge in [-0.15, -0.1) is 0 Å². The fraction of sp³-hybridized carbons (Fsp3) is 0.375. The van der Waals surface area contributed by atoms with E-state index in [4.69, 9.17) is 0 Å². The van der Waals surface area contributed by atoms with Crippen LogP contribution >= 0.6 is 0 Å². The van der Waals surface area contributed by atoms with Gasteiger partial charge in [-0.25, -0.2) is 10.0 Å². The molecule has 2 aromatic rings. The zero-order chi connectivity index (χ0) is 20.4. The first-order valence-electron chi connectivity index (χ1n) is 10.2. The zero-order valence-electron chi connectivity index (χ0n) is 16.7. The number of rotatable bonds is 3. The Balaban J connectivity index is 1.63. The first-order valence-corrected chi connectivity index (χ1v) is 10.2. The minimum absolute atomic E-state index is 0.0482. The molecule has 2 saturated carbocycles. The highest BCUT2D eigenvalue weighted by molar-refractivity contribution is 6.43. The van der Waals surface area contributed by atoms with Gasteiger partial charge in [-0.05, 0) is 42.7 Å². The van der Waals surface area contributed by atoms with Crippen LogP contribution in [0.2, 0.25) is 0 Å². The van der Waals surface area contributed by atoms with Crippen molar-refractivity contribution in [2.75, 3.05) is 5.01 Å². The van der Waals surface area contributed by atoms with Crippen LogP contribution in [0.1, 0.15) is 43.5 Å². The van der Waals surface area contributed by atoms with Gasteiger partial charge in [0.25, 0.3) is 11.7 Å². The van der Waals surface area contributed by atoms with Gasteiger partial charge in [0.2, 0.25) is 0 Å². The molecule has 29 heavy (non-hydrogen) atoms. The van der Waals surface area contributed by atoms with E-state index in [1.807, 2.05) is 36.4 Å². The van der Waals surface area contributed by atoms with Crippen molar-refractivity contribution in [2.24, 2.45) is 16.7 Å². The lowest BCUT2D eigenvalue weighted by atomic mass is 9.67. The molecule has 0 radical (unpaired) electrons. The molecule has 5 rings (SSSR count). The second-order valence-electron chi connectivity index (χ2n) is 8.98. The molecule has 2 aromatic carbocycles. The lowest BCUT2D eigenvalue weighted by Gasteiger charge is -2.34. The van der Waals surface area contributed by atoms with Crippen LogP contribution in [0.4, 0.5) is 5.69 Å². The van der Waals surface area contributed by atoms with Gasteiger partial charge < -0.3 is 0 Å². The lowest BCUT2D eigenvalue weighted by Crippen LogP contribution is -2.50. The smallest absolute Gasteiger partial charge is 0.283 e. The van der Waals surface area contributed by atoms with Gasteiger partial charge >= 0.3 is 5.91 Å². The minimum atomic E-state index is -0.626. The predicted molar refractivity (Wildman–Crippen MR) is 109 cm³/mol. The summed E-state index contributed by atoms with van der Waals surface area (Å²) in [6.45, 7) is 4.30. The maximum absolute atomic E-state index is 13.9. The van der Waals surface area contributed by atoms with Crippen LogP contribution in [-0.4, -0.2) is 28.6 Å². The Labute approximate surface area is 170 Å². The second-order valence-corrected chi connectivity index (χ2v) is 8.98. The average molecular weight is 388 g/mol. The van der Waals surface area contributed by atoms with E-state index in [0.29, 0.717) is 17.2 Å². The number of para-hydroxylation sites is 1. The molecule has 3 fully saturated rings. The number of carbonyl (C=O) groups is 3. The van der Waals surface area contributed by atoms with E-state index >= 15 is 0 Å². The number of ketones is 1. The van der Waals surface area contributed by atoms with E-state index in [-0.39, 0.29) is 17.4 Å². The molecule has 2 aliphatic carbocycles. The van der Waals surface area contributed by atoms with Gasteiger partial charge in [0.1, 0.15) is 0 Å². The van der Waals surface area contributed by atoms with Crippen LogP contribution in [0.3, 0.4) is 0 Å². The quantitative estimate of drug-likeness (QED) is 0.593. The molecule has 0 aromatic heterocycles. The highest BCUT2D eigenvalue weighted by Crippen LogP contribution is 2.70. The Bertz CT molecular complexity index is 1000. The summed E-state index contributed by atoms with van der Waals surface area (Å²) in [5, 5.41) is 2.96. The highest BCUT2D eigenvalue weighted by Gasteiger charge is 2.75. The third-order valence-electron chi connectivity index (χ3n) is 7.66. The van der Waals surface area contributed by atoms with Crippen molar-refractivity contribution in [3.05, 3.63) is 66.2 Å². The van der Waals surface area contributed by atoms with E-state index in [1.54, 1.807) is 24.3 Å². The van der Waals surface area contributed by atoms with Crippen molar-refractivity contribution in [1.29, 1.82) is 0 Å². The number of nitrogens with zero attached hydrogens (tertiary/aromatic N) is 2. The van der Waals surface area contributed by atoms with Crippen molar-refractivity contribution in [3.8, 4) is 0 Å². The van der Waals surface area contributed by atoms with Crippen molar-refractivity contribution in [1.82, 2.24) is 5.01 Å². The topological polar surface area (TPSA) is 57.7 Å². The standard InChI is InChI=1S/C24H24N2O3/c1-23(2)17-13-14-24(23)19(15-17)26(21(28)20(27)16-9-5-3-6-10-16)25(22(24)29)18-11-7-4-8-12-18/h3-12,17,19H,13-15H2,1-2H3/t17-,19-,24+/m1/s1. The monoisotopic (exact) mass is 388 g/mol. The summed E-state index contributed by atoms with van der Waals surface area (Å²) < 4.78 is 0. The van der Waals surface area contributed by atoms with Crippen LogP contribution in [0, 0.1) is 16.7 Å². The molecule has 1 heterocycles. The Morgan fingerprint density at radius 1 is 0.966 bits per heavy atom. The summed E-state index contributed by atoms with van der Waals surface area (Å²) in [7, 11) is 0. The van der Waals surface area contributed by atoms with Crippen LogP contribution in [0.25, 0.3) is 0 Å². The fourth-order valence-electron chi connectivity index (χ4n) is 6.05. The molecule has 2 amide bonds. The molecular formula is C24H24N2O3. The number of carbonyl (C=O) groups excluding carboxylic acids is 3. The number of Topliss-reactive ketones (excluding diaryl/α,β-unsaturated/α-hetero) is 1. The Morgan fingerprint density at radius 2 is 1.59 bits per heavy atom. The summed E-state index contributed by atoms with van der Waals surface area (Å²) in [5.74, 6) is -0.861. The van der Waals surface area contributed by atoms with E-state index in [0.717, 1.165) is 19.3 Å². The third-order valence-corrected chi connectivity index (χ3v) is 7.66. The number of fused-ring (bicyclic) bond motifs is 1. The number of hydrogen-bond acceptors (Lipinski definition) is 3. The normalized spacial score (nSPS) is 29.2. The molecular weight excluding hydrogens is 364 g/mol. The first-order chi connectivity index (χ1) is 13.9. The summed E-state index contributed by atoms with van der Waals surface area (Å²) in [6, 6.07) is 17.5. The number of hydrogen-bond donors (Lipinski definition) is 0. The Morgan fingerprint density at radius 3 is 2.21 bits per heavy atom. The maximum Gasteiger partial charge on any atom is 0.314 e. The Hall–Kier alpha value is -2.95. The van der Waals surface area contributed by atoms with Crippen LogP contribution < -0.4 is 5.01 Å². The van der Waals surface area contributed by atoms with Crippen molar-refractivity contribution < 1.29 is 14.4 Å². The zero-order valence-corrected chi connectivity index (χ0v) is 16.7. The van der Waals surface area contributed by atoms with E-state index < -0.39 is 17.1 Å². The number of hydrazine groups is 1. The fourth-order valence-corrected chi connectivity index (χ4v) is 6.05. The van der Waals surface area contributed by atoms with E-state index in [1.165, 1.54) is 10.0 Å². The Kier molecular flexibility index (Phi) is 3.76. The number of amides is 2. The molecule has 2 bridgehead atoms. The molecule has 3 aliphatic rings. The number of benzene rings is 2. The molecule has 1 spiro atoms. The maximum atomic E-state index is 13.9. The predicted octanol–water partition coefficient (Wildman–Crippen LogP) is 3.85.